The number of amides is 1. The van der Waals surface area contributed by atoms with Crippen molar-refractivity contribution in [1.82, 2.24) is 24.3 Å². The van der Waals surface area contributed by atoms with Crippen molar-refractivity contribution in [1.29, 1.82) is 0 Å². The van der Waals surface area contributed by atoms with Gasteiger partial charge in [0.2, 0.25) is 5.91 Å². The Bertz CT molecular complexity index is 709. The third-order valence-corrected chi connectivity index (χ3v) is 4.40. The number of aryl methyl sites for hydroxylation is 1. The Balaban J connectivity index is 1.87. The number of pyridine rings is 1. The number of likely N-dealkylation sites (tertiary alicyclic amines) is 1. The molecule has 128 valence electrons. The van der Waals surface area contributed by atoms with Crippen molar-refractivity contribution in [3.05, 3.63) is 42.1 Å². The fourth-order valence-electron chi connectivity index (χ4n) is 3.30. The van der Waals surface area contributed by atoms with Crippen LogP contribution in [0.15, 0.2) is 30.6 Å². The minimum Gasteiger partial charge on any atom is -0.333 e. The van der Waals surface area contributed by atoms with Crippen molar-refractivity contribution in [3.8, 4) is 5.82 Å². The van der Waals surface area contributed by atoms with Crippen LogP contribution in [0.25, 0.3) is 5.82 Å². The van der Waals surface area contributed by atoms with Gasteiger partial charge in [-0.3, -0.25) is 9.36 Å². The second kappa shape index (κ2) is 7.13. The second-order valence-electron chi connectivity index (χ2n) is 6.47. The van der Waals surface area contributed by atoms with Gasteiger partial charge in [-0.1, -0.05) is 13.0 Å². The van der Waals surface area contributed by atoms with Crippen LogP contribution in [-0.2, 0) is 11.2 Å². The number of carbonyl (C=O) groups is 1. The van der Waals surface area contributed by atoms with Crippen molar-refractivity contribution in [3.63, 3.8) is 0 Å². The lowest BCUT2D eigenvalue weighted by Crippen LogP contribution is -2.37. The minimum absolute atomic E-state index is 0.0750. The zero-order valence-electron chi connectivity index (χ0n) is 14.6. The van der Waals surface area contributed by atoms with E-state index in [0.29, 0.717) is 6.54 Å². The number of hydrogen-bond acceptors (Lipinski definition) is 4. The summed E-state index contributed by atoms with van der Waals surface area (Å²) >= 11 is 0. The van der Waals surface area contributed by atoms with Crippen LogP contribution in [0.1, 0.15) is 37.3 Å². The third-order valence-electron chi connectivity index (χ3n) is 4.40. The first-order valence-electron chi connectivity index (χ1n) is 8.54. The van der Waals surface area contributed by atoms with Crippen LogP contribution in [0.4, 0.5) is 0 Å². The first-order chi connectivity index (χ1) is 11.6. The summed E-state index contributed by atoms with van der Waals surface area (Å²) in [5, 5.41) is 0. The molecule has 24 heavy (non-hydrogen) atoms. The summed E-state index contributed by atoms with van der Waals surface area (Å²) in [5.74, 6) is 2.03. The Kier molecular flexibility index (Phi) is 4.94. The van der Waals surface area contributed by atoms with E-state index < -0.39 is 0 Å². The zero-order valence-corrected chi connectivity index (χ0v) is 14.6. The van der Waals surface area contributed by atoms with Crippen LogP contribution >= 0.6 is 0 Å². The molecule has 1 aliphatic heterocycles. The van der Waals surface area contributed by atoms with Gasteiger partial charge in [-0.05, 0) is 39.1 Å². The molecule has 6 heteroatoms. The smallest absolute Gasteiger partial charge is 0.237 e. The standard InChI is InChI=1S/C18H25N5O/c1-4-16-19-10-12-23(16)17-9-5-7-14(20-17)15-8-6-11-22(15)18(24)13-21(2)3/h5,7,9-10,12,15H,4,6,8,11,13H2,1-3H3/t15-/m0/s1. The highest BCUT2D eigenvalue weighted by molar-refractivity contribution is 5.79. The largest absolute Gasteiger partial charge is 0.333 e. The van der Waals surface area contributed by atoms with Gasteiger partial charge in [0.25, 0.3) is 0 Å². The molecule has 1 saturated heterocycles. The second-order valence-corrected chi connectivity index (χ2v) is 6.47. The molecule has 1 atom stereocenters. The molecule has 0 saturated carbocycles. The lowest BCUT2D eigenvalue weighted by Gasteiger charge is -2.26. The van der Waals surface area contributed by atoms with Gasteiger partial charge in [-0.2, -0.15) is 0 Å². The van der Waals surface area contributed by atoms with Gasteiger partial charge in [0.1, 0.15) is 11.6 Å². The van der Waals surface area contributed by atoms with Gasteiger partial charge in [0, 0.05) is 25.4 Å². The molecule has 2 aromatic heterocycles. The molecule has 2 aromatic rings. The van der Waals surface area contributed by atoms with E-state index >= 15 is 0 Å². The highest BCUT2D eigenvalue weighted by Gasteiger charge is 2.31. The predicted molar refractivity (Wildman–Crippen MR) is 93.0 cm³/mol. The molecule has 6 nitrogen and oxygen atoms in total. The molecule has 0 bridgehead atoms. The molecular weight excluding hydrogens is 302 g/mol. The van der Waals surface area contributed by atoms with E-state index in [1.54, 1.807) is 6.20 Å². The zero-order chi connectivity index (χ0) is 17.1. The Hall–Kier alpha value is -2.21. The fraction of sp³-hybridized carbons (Fsp3) is 0.500. The van der Waals surface area contributed by atoms with Crippen LogP contribution < -0.4 is 0 Å². The van der Waals surface area contributed by atoms with Gasteiger partial charge in [-0.25, -0.2) is 9.97 Å². The number of aromatic nitrogens is 3. The summed E-state index contributed by atoms with van der Waals surface area (Å²) in [4.78, 5) is 25.6. The van der Waals surface area contributed by atoms with Gasteiger partial charge in [0.05, 0.1) is 18.3 Å². The molecule has 1 amide bonds. The van der Waals surface area contributed by atoms with E-state index in [9.17, 15) is 4.79 Å². The fourth-order valence-corrected chi connectivity index (χ4v) is 3.30. The summed E-state index contributed by atoms with van der Waals surface area (Å²) in [7, 11) is 3.85. The summed E-state index contributed by atoms with van der Waals surface area (Å²) in [6.07, 6.45) is 6.60. The Morgan fingerprint density at radius 3 is 2.96 bits per heavy atom. The van der Waals surface area contributed by atoms with Crippen LogP contribution in [0.5, 0.6) is 0 Å². The van der Waals surface area contributed by atoms with E-state index in [2.05, 4.69) is 11.9 Å². The van der Waals surface area contributed by atoms with Gasteiger partial charge >= 0.3 is 0 Å². The van der Waals surface area contributed by atoms with E-state index in [1.165, 1.54) is 0 Å². The van der Waals surface area contributed by atoms with E-state index in [-0.39, 0.29) is 11.9 Å². The molecule has 0 radical (unpaired) electrons. The molecule has 0 spiro atoms. The Morgan fingerprint density at radius 2 is 2.21 bits per heavy atom. The number of carbonyl (C=O) groups excluding carboxylic acids is 1. The molecule has 0 aromatic carbocycles. The molecule has 3 rings (SSSR count). The van der Waals surface area contributed by atoms with Crippen molar-refractivity contribution < 1.29 is 4.79 Å². The first-order valence-corrected chi connectivity index (χ1v) is 8.54. The van der Waals surface area contributed by atoms with E-state index in [0.717, 1.165) is 43.1 Å². The molecule has 1 fully saturated rings. The van der Waals surface area contributed by atoms with Crippen LogP contribution in [0, 0.1) is 0 Å². The number of imidazole rings is 1. The lowest BCUT2D eigenvalue weighted by atomic mass is 10.1. The number of likely N-dealkylation sites (N-methyl/N-ethyl adjacent to an activating group) is 1. The van der Waals surface area contributed by atoms with Crippen molar-refractivity contribution >= 4 is 5.91 Å². The maximum atomic E-state index is 12.5. The summed E-state index contributed by atoms with van der Waals surface area (Å²) in [6, 6.07) is 6.11. The first kappa shape index (κ1) is 16.6. The van der Waals surface area contributed by atoms with Crippen molar-refractivity contribution in [2.45, 2.75) is 32.2 Å². The van der Waals surface area contributed by atoms with Crippen LogP contribution in [0.2, 0.25) is 0 Å². The number of rotatable bonds is 5. The summed E-state index contributed by atoms with van der Waals surface area (Å²) in [6.45, 7) is 3.34. The van der Waals surface area contributed by atoms with Crippen LogP contribution in [-0.4, -0.2) is 57.4 Å². The number of nitrogens with zero attached hydrogens (tertiary/aromatic N) is 5. The normalized spacial score (nSPS) is 17.7. The lowest BCUT2D eigenvalue weighted by molar-refractivity contribution is -0.132. The summed E-state index contributed by atoms with van der Waals surface area (Å²) in [5.41, 5.74) is 0.966. The SMILES string of the molecule is CCc1nccn1-c1cccc([C@@H]2CCCN2C(=O)CN(C)C)n1. The Labute approximate surface area is 143 Å². The number of hydrogen-bond donors (Lipinski definition) is 0. The van der Waals surface area contributed by atoms with Gasteiger partial charge < -0.3 is 9.80 Å². The van der Waals surface area contributed by atoms with Crippen LogP contribution in [0.3, 0.4) is 0 Å². The van der Waals surface area contributed by atoms with Crippen molar-refractivity contribution in [2.24, 2.45) is 0 Å². The minimum atomic E-state index is 0.0750. The van der Waals surface area contributed by atoms with Gasteiger partial charge in [-0.15, -0.1) is 0 Å². The average Bonchev–Trinajstić information content (AvgIpc) is 3.23. The topological polar surface area (TPSA) is 54.3 Å². The van der Waals surface area contributed by atoms with Crippen molar-refractivity contribution in [2.75, 3.05) is 27.2 Å². The molecule has 1 aliphatic rings. The Morgan fingerprint density at radius 1 is 1.38 bits per heavy atom. The summed E-state index contributed by atoms with van der Waals surface area (Å²) < 4.78 is 2.02. The molecule has 0 unspecified atom stereocenters. The van der Waals surface area contributed by atoms with E-state index in [1.807, 2.05) is 52.9 Å². The van der Waals surface area contributed by atoms with E-state index in [4.69, 9.17) is 4.98 Å². The quantitative estimate of drug-likeness (QED) is 0.843. The molecule has 3 heterocycles. The highest BCUT2D eigenvalue weighted by Crippen LogP contribution is 2.31. The van der Waals surface area contributed by atoms with Gasteiger partial charge in [0.15, 0.2) is 0 Å². The third kappa shape index (κ3) is 3.33. The average molecular weight is 327 g/mol. The predicted octanol–water partition coefficient (Wildman–Crippen LogP) is 2.05. The molecule has 0 aliphatic carbocycles. The monoisotopic (exact) mass is 327 g/mol. The maximum Gasteiger partial charge on any atom is 0.237 e. The highest BCUT2D eigenvalue weighted by atomic mass is 16.2. The molecular formula is C18H25N5O. The maximum absolute atomic E-state index is 12.5. The molecule has 0 N–H and O–H groups in total.